The number of halogens is 1. The zero-order valence-electron chi connectivity index (χ0n) is 11.1. The van der Waals surface area contributed by atoms with E-state index in [9.17, 15) is 9.18 Å². The van der Waals surface area contributed by atoms with Crippen LogP contribution in [0.2, 0.25) is 0 Å². The summed E-state index contributed by atoms with van der Waals surface area (Å²) in [6.45, 7) is 0. The third-order valence-electron chi connectivity index (χ3n) is 4.07. The second-order valence-corrected chi connectivity index (χ2v) is 5.32. The van der Waals surface area contributed by atoms with Crippen molar-refractivity contribution >= 4 is 5.78 Å². The summed E-state index contributed by atoms with van der Waals surface area (Å²) < 4.78 is 12.9. The first-order valence-corrected chi connectivity index (χ1v) is 6.54. The maximum atomic E-state index is 12.9. The van der Waals surface area contributed by atoms with Crippen molar-refractivity contribution in [1.82, 2.24) is 4.90 Å². The van der Waals surface area contributed by atoms with Crippen LogP contribution in [-0.2, 0) is 0 Å². The van der Waals surface area contributed by atoms with Gasteiger partial charge in [-0.3, -0.25) is 9.69 Å². The van der Waals surface area contributed by atoms with Crippen LogP contribution in [-0.4, -0.2) is 30.3 Å². The molecule has 0 saturated heterocycles. The van der Waals surface area contributed by atoms with Crippen molar-refractivity contribution < 1.29 is 9.18 Å². The summed E-state index contributed by atoms with van der Waals surface area (Å²) in [6, 6.07) is 5.91. The van der Waals surface area contributed by atoms with Crippen LogP contribution in [0.3, 0.4) is 0 Å². The normalized spacial score (nSPS) is 18.9. The highest BCUT2D eigenvalue weighted by Gasteiger charge is 2.41. The summed E-state index contributed by atoms with van der Waals surface area (Å²) in [7, 11) is 3.93. The summed E-state index contributed by atoms with van der Waals surface area (Å²) in [5.41, 5.74) is 0.225. The Bertz CT molecular complexity index is 419. The number of Topliss-reactive ketones (excluding diaryl/α,β-unsaturated/α-hetero) is 1. The van der Waals surface area contributed by atoms with E-state index in [0.29, 0.717) is 5.56 Å². The molecule has 1 aliphatic carbocycles. The second kappa shape index (κ2) is 5.19. The molecule has 1 fully saturated rings. The van der Waals surface area contributed by atoms with Crippen molar-refractivity contribution in [2.24, 2.45) is 0 Å². The van der Waals surface area contributed by atoms with Gasteiger partial charge < -0.3 is 0 Å². The molecule has 2 rings (SSSR count). The van der Waals surface area contributed by atoms with E-state index in [1.165, 1.54) is 18.6 Å². The third kappa shape index (κ3) is 2.32. The smallest absolute Gasteiger partial charge is 0.183 e. The van der Waals surface area contributed by atoms with Crippen molar-refractivity contribution in [3.8, 4) is 0 Å². The summed E-state index contributed by atoms with van der Waals surface area (Å²) in [5.74, 6) is -0.165. The molecule has 0 bridgehead atoms. The van der Waals surface area contributed by atoms with Gasteiger partial charge in [0.2, 0.25) is 0 Å². The lowest BCUT2D eigenvalue weighted by Crippen LogP contribution is -2.52. The molecule has 2 nitrogen and oxygen atoms in total. The Balaban J connectivity index is 2.31. The van der Waals surface area contributed by atoms with Crippen molar-refractivity contribution in [2.75, 3.05) is 14.1 Å². The molecule has 0 aromatic heterocycles. The van der Waals surface area contributed by atoms with E-state index in [1.54, 1.807) is 12.1 Å². The summed E-state index contributed by atoms with van der Waals surface area (Å²) in [5, 5.41) is 0. The minimum Gasteiger partial charge on any atom is -0.297 e. The first kappa shape index (κ1) is 13.2. The van der Waals surface area contributed by atoms with Crippen molar-refractivity contribution in [3.05, 3.63) is 35.6 Å². The fraction of sp³-hybridized carbons (Fsp3) is 0.533. The van der Waals surface area contributed by atoms with Crippen LogP contribution in [0.5, 0.6) is 0 Å². The zero-order valence-corrected chi connectivity index (χ0v) is 11.1. The number of carbonyl (C=O) groups excluding carboxylic acids is 1. The maximum Gasteiger partial charge on any atom is 0.183 e. The summed E-state index contributed by atoms with van der Waals surface area (Å²) in [4.78, 5) is 14.7. The Hall–Kier alpha value is -1.22. The molecular formula is C15H20FNO. The van der Waals surface area contributed by atoms with E-state index in [1.807, 2.05) is 19.0 Å². The quantitative estimate of drug-likeness (QED) is 0.766. The second-order valence-electron chi connectivity index (χ2n) is 5.32. The molecule has 1 aliphatic rings. The average molecular weight is 249 g/mol. The molecule has 1 saturated carbocycles. The maximum absolute atomic E-state index is 12.9. The lowest BCUT2D eigenvalue weighted by atomic mass is 9.75. The topological polar surface area (TPSA) is 20.3 Å². The van der Waals surface area contributed by atoms with Gasteiger partial charge in [-0.25, -0.2) is 4.39 Å². The standard InChI is InChI=1S/C15H20FNO/c1-17(2)15(10-4-3-5-11-15)14(18)12-6-8-13(16)9-7-12/h6-9H,3-5,10-11H2,1-2H3. The van der Waals surface area contributed by atoms with Gasteiger partial charge in [-0.15, -0.1) is 0 Å². The van der Waals surface area contributed by atoms with E-state index in [0.717, 1.165) is 25.7 Å². The molecule has 0 N–H and O–H groups in total. The van der Waals surface area contributed by atoms with Gasteiger partial charge >= 0.3 is 0 Å². The summed E-state index contributed by atoms with van der Waals surface area (Å²) >= 11 is 0. The zero-order chi connectivity index (χ0) is 13.2. The number of nitrogens with zero attached hydrogens (tertiary/aromatic N) is 1. The van der Waals surface area contributed by atoms with Crippen molar-refractivity contribution in [3.63, 3.8) is 0 Å². The van der Waals surface area contributed by atoms with Crippen LogP contribution >= 0.6 is 0 Å². The van der Waals surface area contributed by atoms with Crippen LogP contribution < -0.4 is 0 Å². The highest BCUT2D eigenvalue weighted by molar-refractivity contribution is 6.03. The molecule has 98 valence electrons. The third-order valence-corrected chi connectivity index (χ3v) is 4.07. The number of ketones is 1. The molecule has 3 heteroatoms. The predicted molar refractivity (Wildman–Crippen MR) is 70.2 cm³/mol. The minimum atomic E-state index is -0.393. The Morgan fingerprint density at radius 1 is 1.11 bits per heavy atom. The van der Waals surface area contributed by atoms with E-state index in [-0.39, 0.29) is 11.6 Å². The van der Waals surface area contributed by atoms with Gasteiger partial charge in [0, 0.05) is 5.56 Å². The van der Waals surface area contributed by atoms with E-state index >= 15 is 0 Å². The predicted octanol–water partition coefficient (Wildman–Crippen LogP) is 3.27. The molecule has 1 aromatic rings. The van der Waals surface area contributed by atoms with Gasteiger partial charge in [0.1, 0.15) is 5.82 Å². The SMILES string of the molecule is CN(C)C1(C(=O)c2ccc(F)cc2)CCCCC1. The number of benzene rings is 1. The van der Waals surface area contributed by atoms with E-state index in [4.69, 9.17) is 0 Å². The van der Waals surface area contributed by atoms with E-state index in [2.05, 4.69) is 0 Å². The highest BCUT2D eigenvalue weighted by Crippen LogP contribution is 2.35. The first-order chi connectivity index (χ1) is 8.56. The Morgan fingerprint density at radius 3 is 2.17 bits per heavy atom. The van der Waals surface area contributed by atoms with Crippen LogP contribution in [0, 0.1) is 5.82 Å². The van der Waals surface area contributed by atoms with Crippen LogP contribution in [0.25, 0.3) is 0 Å². The molecule has 0 atom stereocenters. The van der Waals surface area contributed by atoms with Crippen LogP contribution in [0.15, 0.2) is 24.3 Å². The largest absolute Gasteiger partial charge is 0.297 e. The monoisotopic (exact) mass is 249 g/mol. The molecule has 0 spiro atoms. The number of rotatable bonds is 3. The fourth-order valence-corrected chi connectivity index (χ4v) is 2.88. The van der Waals surface area contributed by atoms with Gasteiger partial charge in [0.05, 0.1) is 5.54 Å². The molecule has 0 unspecified atom stereocenters. The van der Waals surface area contributed by atoms with E-state index < -0.39 is 5.54 Å². The van der Waals surface area contributed by atoms with Gasteiger partial charge in [-0.2, -0.15) is 0 Å². The molecule has 0 heterocycles. The lowest BCUT2D eigenvalue weighted by molar-refractivity contribution is 0.0564. The van der Waals surface area contributed by atoms with Gasteiger partial charge in [0.25, 0.3) is 0 Å². The molecule has 18 heavy (non-hydrogen) atoms. The molecular weight excluding hydrogens is 229 g/mol. The molecule has 0 aliphatic heterocycles. The lowest BCUT2D eigenvalue weighted by Gasteiger charge is -2.41. The minimum absolute atomic E-state index is 0.132. The van der Waals surface area contributed by atoms with Gasteiger partial charge in [-0.1, -0.05) is 19.3 Å². The number of hydrogen-bond acceptors (Lipinski definition) is 2. The molecule has 0 radical (unpaired) electrons. The number of carbonyl (C=O) groups is 1. The van der Waals surface area contributed by atoms with Crippen LogP contribution in [0.1, 0.15) is 42.5 Å². The Labute approximate surface area is 108 Å². The Morgan fingerprint density at radius 2 is 1.67 bits per heavy atom. The summed E-state index contributed by atoms with van der Waals surface area (Å²) in [6.07, 6.45) is 5.18. The highest BCUT2D eigenvalue weighted by atomic mass is 19.1. The molecule has 1 aromatic carbocycles. The van der Waals surface area contributed by atoms with Crippen LogP contribution in [0.4, 0.5) is 4.39 Å². The average Bonchev–Trinajstić information content (AvgIpc) is 2.39. The fourth-order valence-electron chi connectivity index (χ4n) is 2.88. The molecule has 0 amide bonds. The Kier molecular flexibility index (Phi) is 3.81. The number of hydrogen-bond donors (Lipinski definition) is 0. The van der Waals surface area contributed by atoms with Gasteiger partial charge in [0.15, 0.2) is 5.78 Å². The number of likely N-dealkylation sites (N-methyl/N-ethyl adjacent to an activating group) is 1. The van der Waals surface area contributed by atoms with Gasteiger partial charge in [-0.05, 0) is 51.2 Å². The first-order valence-electron chi connectivity index (χ1n) is 6.54. The van der Waals surface area contributed by atoms with Crippen molar-refractivity contribution in [1.29, 1.82) is 0 Å². The van der Waals surface area contributed by atoms with Crippen molar-refractivity contribution in [2.45, 2.75) is 37.6 Å².